The van der Waals surface area contributed by atoms with Gasteiger partial charge in [0.05, 0.1) is 0 Å². The number of hydrogen-bond donors (Lipinski definition) is 1. The van der Waals surface area contributed by atoms with Gasteiger partial charge in [-0.2, -0.15) is 0 Å². The standard InChI is InChI=1S/C15H14Cl2FN/c1-9-5-6-10(12(17)7-9)8-14(19)15-11(16)3-2-4-13(15)18/h2-7,14H,8,19H2,1H3. The first-order valence-electron chi connectivity index (χ1n) is 5.93. The van der Waals surface area contributed by atoms with Gasteiger partial charge in [-0.3, -0.25) is 0 Å². The molecule has 0 saturated carbocycles. The van der Waals surface area contributed by atoms with Crippen LogP contribution in [-0.2, 0) is 6.42 Å². The number of rotatable bonds is 3. The molecule has 0 heterocycles. The average molecular weight is 298 g/mol. The van der Waals surface area contributed by atoms with Crippen molar-refractivity contribution in [1.82, 2.24) is 0 Å². The average Bonchev–Trinajstić information content (AvgIpc) is 2.32. The van der Waals surface area contributed by atoms with Crippen molar-refractivity contribution in [2.75, 3.05) is 0 Å². The van der Waals surface area contributed by atoms with Crippen LogP contribution in [0.4, 0.5) is 4.39 Å². The van der Waals surface area contributed by atoms with Gasteiger partial charge in [0, 0.05) is 21.7 Å². The lowest BCUT2D eigenvalue weighted by Gasteiger charge is -2.15. The Morgan fingerprint density at radius 3 is 2.53 bits per heavy atom. The fraction of sp³-hybridized carbons (Fsp3) is 0.200. The molecule has 2 aromatic carbocycles. The summed E-state index contributed by atoms with van der Waals surface area (Å²) in [6.07, 6.45) is 0.444. The third-order valence-electron chi connectivity index (χ3n) is 3.02. The molecule has 100 valence electrons. The maximum atomic E-state index is 13.8. The molecule has 0 bridgehead atoms. The lowest BCUT2D eigenvalue weighted by molar-refractivity contribution is 0.580. The number of nitrogens with two attached hydrogens (primary N) is 1. The SMILES string of the molecule is Cc1ccc(CC(N)c2c(F)cccc2Cl)c(Cl)c1. The van der Waals surface area contributed by atoms with Crippen molar-refractivity contribution < 1.29 is 4.39 Å². The molecular formula is C15H14Cl2FN. The molecule has 2 rings (SSSR count). The monoisotopic (exact) mass is 297 g/mol. The largest absolute Gasteiger partial charge is 0.324 e. The van der Waals surface area contributed by atoms with Crippen LogP contribution in [0.3, 0.4) is 0 Å². The highest BCUT2D eigenvalue weighted by atomic mass is 35.5. The quantitative estimate of drug-likeness (QED) is 0.874. The maximum absolute atomic E-state index is 13.8. The van der Waals surface area contributed by atoms with E-state index in [1.807, 2.05) is 25.1 Å². The fourth-order valence-corrected chi connectivity index (χ4v) is 2.64. The van der Waals surface area contributed by atoms with Gasteiger partial charge in [0.25, 0.3) is 0 Å². The van der Waals surface area contributed by atoms with E-state index in [9.17, 15) is 4.39 Å². The topological polar surface area (TPSA) is 26.0 Å². The normalized spacial score (nSPS) is 12.5. The predicted octanol–water partition coefficient (Wildman–Crippen LogP) is 4.68. The van der Waals surface area contributed by atoms with Crippen molar-refractivity contribution in [2.24, 2.45) is 5.73 Å². The first-order chi connectivity index (χ1) is 8.99. The van der Waals surface area contributed by atoms with E-state index in [1.54, 1.807) is 12.1 Å². The molecule has 0 radical (unpaired) electrons. The van der Waals surface area contributed by atoms with Crippen molar-refractivity contribution in [3.63, 3.8) is 0 Å². The molecule has 0 aromatic heterocycles. The summed E-state index contributed by atoms with van der Waals surface area (Å²) in [7, 11) is 0. The Morgan fingerprint density at radius 2 is 1.89 bits per heavy atom. The number of benzene rings is 2. The van der Waals surface area contributed by atoms with Crippen LogP contribution in [0.5, 0.6) is 0 Å². The number of halogens is 3. The Hall–Kier alpha value is -1.09. The van der Waals surface area contributed by atoms with Crippen molar-refractivity contribution in [2.45, 2.75) is 19.4 Å². The van der Waals surface area contributed by atoms with Crippen LogP contribution >= 0.6 is 23.2 Å². The van der Waals surface area contributed by atoms with Gasteiger partial charge in [-0.25, -0.2) is 4.39 Å². The van der Waals surface area contributed by atoms with E-state index in [-0.39, 0.29) is 5.82 Å². The minimum absolute atomic E-state index is 0.334. The zero-order chi connectivity index (χ0) is 14.0. The van der Waals surface area contributed by atoms with Gasteiger partial charge in [-0.1, -0.05) is 41.4 Å². The summed E-state index contributed by atoms with van der Waals surface area (Å²) in [5, 5.41) is 0.985. The van der Waals surface area contributed by atoms with Crippen molar-refractivity contribution >= 4 is 23.2 Å². The highest BCUT2D eigenvalue weighted by molar-refractivity contribution is 6.31. The summed E-state index contributed by atoms with van der Waals surface area (Å²) in [6.45, 7) is 1.96. The van der Waals surface area contributed by atoms with E-state index in [4.69, 9.17) is 28.9 Å². The van der Waals surface area contributed by atoms with E-state index < -0.39 is 6.04 Å². The molecule has 0 fully saturated rings. The van der Waals surface area contributed by atoms with Gasteiger partial charge in [0.1, 0.15) is 5.82 Å². The summed E-state index contributed by atoms with van der Waals surface area (Å²) in [6, 6.07) is 9.77. The second-order valence-electron chi connectivity index (χ2n) is 4.54. The van der Waals surface area contributed by atoms with Gasteiger partial charge in [0.2, 0.25) is 0 Å². The zero-order valence-corrected chi connectivity index (χ0v) is 12.0. The first kappa shape index (κ1) is 14.3. The van der Waals surface area contributed by atoms with Gasteiger partial charge in [-0.15, -0.1) is 0 Å². The van der Waals surface area contributed by atoms with Crippen LogP contribution in [0.2, 0.25) is 10.0 Å². The third kappa shape index (κ3) is 3.27. The first-order valence-corrected chi connectivity index (χ1v) is 6.69. The zero-order valence-electron chi connectivity index (χ0n) is 10.5. The Morgan fingerprint density at radius 1 is 1.16 bits per heavy atom. The molecule has 0 aliphatic heterocycles. The summed E-state index contributed by atoms with van der Waals surface area (Å²) >= 11 is 12.2. The molecule has 0 spiro atoms. The lowest BCUT2D eigenvalue weighted by Crippen LogP contribution is -2.16. The summed E-state index contributed by atoms with van der Waals surface area (Å²) in [5.41, 5.74) is 8.35. The van der Waals surface area contributed by atoms with E-state index in [2.05, 4.69) is 0 Å². The molecule has 1 atom stereocenters. The summed E-state index contributed by atoms with van der Waals surface area (Å²) in [5.74, 6) is -0.386. The highest BCUT2D eigenvalue weighted by Gasteiger charge is 2.16. The van der Waals surface area contributed by atoms with Gasteiger partial charge >= 0.3 is 0 Å². The minimum atomic E-state index is -0.520. The molecule has 0 aliphatic rings. The maximum Gasteiger partial charge on any atom is 0.129 e. The second kappa shape index (κ2) is 5.91. The van der Waals surface area contributed by atoms with E-state index >= 15 is 0 Å². The molecule has 1 unspecified atom stereocenters. The summed E-state index contributed by atoms with van der Waals surface area (Å²) < 4.78 is 13.8. The molecule has 0 amide bonds. The predicted molar refractivity (Wildman–Crippen MR) is 78.2 cm³/mol. The molecule has 0 aliphatic carbocycles. The molecule has 0 saturated heterocycles. The van der Waals surface area contributed by atoms with E-state index in [0.717, 1.165) is 11.1 Å². The van der Waals surface area contributed by atoms with Gasteiger partial charge in [0.15, 0.2) is 0 Å². The molecule has 2 aromatic rings. The van der Waals surface area contributed by atoms with Crippen LogP contribution in [0.1, 0.15) is 22.7 Å². The van der Waals surface area contributed by atoms with Crippen molar-refractivity contribution in [1.29, 1.82) is 0 Å². The molecular weight excluding hydrogens is 284 g/mol. The highest BCUT2D eigenvalue weighted by Crippen LogP contribution is 2.29. The second-order valence-corrected chi connectivity index (χ2v) is 5.36. The summed E-state index contributed by atoms with van der Waals surface area (Å²) in [4.78, 5) is 0. The van der Waals surface area contributed by atoms with Gasteiger partial charge in [-0.05, 0) is 42.7 Å². The minimum Gasteiger partial charge on any atom is -0.324 e. The van der Waals surface area contributed by atoms with Crippen LogP contribution in [0.15, 0.2) is 36.4 Å². The number of aryl methyl sites for hydroxylation is 1. The smallest absolute Gasteiger partial charge is 0.129 e. The number of hydrogen-bond acceptors (Lipinski definition) is 1. The molecule has 2 N–H and O–H groups in total. The Labute approximate surface area is 122 Å². The third-order valence-corrected chi connectivity index (χ3v) is 3.70. The lowest BCUT2D eigenvalue weighted by atomic mass is 9.98. The van der Waals surface area contributed by atoms with Crippen molar-refractivity contribution in [3.8, 4) is 0 Å². The van der Waals surface area contributed by atoms with Crippen molar-refractivity contribution in [3.05, 3.63) is 69.0 Å². The van der Waals surface area contributed by atoms with E-state index in [1.165, 1.54) is 6.07 Å². The molecule has 19 heavy (non-hydrogen) atoms. The Kier molecular flexibility index (Phi) is 4.46. The Balaban J connectivity index is 2.28. The molecule has 1 nitrogen and oxygen atoms in total. The van der Waals surface area contributed by atoms with Crippen LogP contribution in [0, 0.1) is 12.7 Å². The van der Waals surface area contributed by atoms with Gasteiger partial charge < -0.3 is 5.73 Å². The van der Waals surface area contributed by atoms with Crippen LogP contribution in [-0.4, -0.2) is 0 Å². The molecule has 4 heteroatoms. The fourth-order valence-electron chi connectivity index (χ4n) is 2.02. The van der Waals surface area contributed by atoms with Crippen LogP contribution in [0.25, 0.3) is 0 Å². The van der Waals surface area contributed by atoms with E-state index in [0.29, 0.717) is 22.0 Å². The van der Waals surface area contributed by atoms with Crippen LogP contribution < -0.4 is 5.73 Å². The Bertz CT molecular complexity index is 578.